The molecular formula is C24H22N2O6. The molecule has 2 unspecified atom stereocenters. The Kier molecular flexibility index (Phi) is 4.61. The number of carbonyl (C=O) groups excluding carboxylic acids is 3. The molecule has 5 rings (SSSR count). The van der Waals surface area contributed by atoms with E-state index in [2.05, 4.69) is 9.69 Å². The monoisotopic (exact) mass is 434 g/mol. The molecule has 0 aromatic heterocycles. The standard InChI is InChI=1S/C24H22N2O6/c1-11(27)30-9-17-16-8-24(25-3,26-4)19-6-13-5-15(23-22(13)32-23)21(19)18(10-31-12(2)28)14(16)7-20(17)29/h6,13,15,21-23H,5,7-10H2,1-2H3/t13-,15+,21+,22?,23?/m0/s1. The highest BCUT2D eigenvalue weighted by Gasteiger charge is 2.68. The molecule has 0 aromatic rings. The molecule has 2 bridgehead atoms. The van der Waals surface area contributed by atoms with Gasteiger partial charge < -0.3 is 14.2 Å². The third-order valence-electron chi connectivity index (χ3n) is 7.38. The van der Waals surface area contributed by atoms with E-state index in [0.717, 1.165) is 23.1 Å². The summed E-state index contributed by atoms with van der Waals surface area (Å²) in [5.74, 6) is -1.17. The van der Waals surface area contributed by atoms with Gasteiger partial charge in [0.1, 0.15) is 25.2 Å². The minimum Gasteiger partial charge on any atom is -0.461 e. The zero-order chi connectivity index (χ0) is 22.8. The molecule has 0 aromatic carbocycles. The molecule has 5 aliphatic rings. The number of hydrogen-bond acceptors (Lipinski definition) is 6. The third-order valence-corrected chi connectivity index (χ3v) is 7.38. The van der Waals surface area contributed by atoms with Crippen LogP contribution >= 0.6 is 0 Å². The Morgan fingerprint density at radius 1 is 1.12 bits per heavy atom. The SMILES string of the molecule is [C-]#[N+]C1([N+]#[C-])CC2=C(COC(C)=O)C(=O)CC2=C(COC(C)=O)[C@@H]2C1=C[C@@H]1C[C@H]2C2OC21. The summed E-state index contributed by atoms with van der Waals surface area (Å²) in [6.07, 6.45) is 3.25. The van der Waals surface area contributed by atoms with Crippen molar-refractivity contribution in [2.24, 2.45) is 17.8 Å². The number of rotatable bonds is 4. The molecule has 8 nitrogen and oxygen atoms in total. The van der Waals surface area contributed by atoms with Crippen LogP contribution in [0.25, 0.3) is 9.69 Å². The fraction of sp³-hybridized carbons (Fsp3) is 0.542. The van der Waals surface area contributed by atoms with Crippen molar-refractivity contribution in [1.82, 2.24) is 0 Å². The van der Waals surface area contributed by atoms with Crippen LogP contribution < -0.4 is 0 Å². The van der Waals surface area contributed by atoms with Crippen LogP contribution in [0.15, 0.2) is 33.9 Å². The van der Waals surface area contributed by atoms with E-state index in [0.29, 0.717) is 11.1 Å². The van der Waals surface area contributed by atoms with Crippen LogP contribution in [0, 0.1) is 30.9 Å². The first-order valence-electron chi connectivity index (χ1n) is 10.7. The van der Waals surface area contributed by atoms with Gasteiger partial charge in [-0.15, -0.1) is 0 Å². The number of ketones is 1. The Morgan fingerprint density at radius 2 is 1.81 bits per heavy atom. The average molecular weight is 434 g/mol. The van der Waals surface area contributed by atoms with Crippen LogP contribution in [0.5, 0.6) is 0 Å². The molecule has 1 saturated heterocycles. The van der Waals surface area contributed by atoms with Crippen LogP contribution in [0.1, 0.15) is 33.1 Å². The maximum Gasteiger partial charge on any atom is 0.510 e. The Labute approximate surface area is 185 Å². The second-order valence-corrected chi connectivity index (χ2v) is 9.07. The highest BCUT2D eigenvalue weighted by Crippen LogP contribution is 2.62. The largest absolute Gasteiger partial charge is 0.510 e. The summed E-state index contributed by atoms with van der Waals surface area (Å²) in [5, 5.41) is 0. The van der Waals surface area contributed by atoms with E-state index < -0.39 is 17.6 Å². The van der Waals surface area contributed by atoms with Gasteiger partial charge in [0.15, 0.2) is 5.78 Å². The number of fused-ring (bicyclic) bond motifs is 8. The lowest BCUT2D eigenvalue weighted by Gasteiger charge is -2.33. The molecule has 5 atom stereocenters. The molecule has 0 N–H and O–H groups in total. The fourth-order valence-corrected chi connectivity index (χ4v) is 6.00. The zero-order valence-corrected chi connectivity index (χ0v) is 17.8. The molecule has 32 heavy (non-hydrogen) atoms. The molecule has 4 aliphatic carbocycles. The van der Waals surface area contributed by atoms with E-state index >= 15 is 0 Å². The first-order valence-corrected chi connectivity index (χ1v) is 10.7. The minimum atomic E-state index is -1.48. The van der Waals surface area contributed by atoms with Crippen molar-refractivity contribution < 1.29 is 28.6 Å². The van der Waals surface area contributed by atoms with Gasteiger partial charge in [0.25, 0.3) is 0 Å². The van der Waals surface area contributed by atoms with Gasteiger partial charge >= 0.3 is 17.6 Å². The molecule has 1 saturated carbocycles. The van der Waals surface area contributed by atoms with Gasteiger partial charge in [-0.25, -0.2) is 22.8 Å². The third kappa shape index (κ3) is 2.94. The number of Topliss-reactive ketones (excluding diaryl/α,β-unsaturated/α-hetero) is 1. The van der Waals surface area contributed by atoms with E-state index in [4.69, 9.17) is 27.4 Å². The van der Waals surface area contributed by atoms with Gasteiger partial charge in [0.05, 0.1) is 12.2 Å². The fourth-order valence-electron chi connectivity index (χ4n) is 6.00. The van der Waals surface area contributed by atoms with Crippen LogP contribution in [-0.2, 0) is 28.6 Å². The summed E-state index contributed by atoms with van der Waals surface area (Å²) >= 11 is 0. The van der Waals surface area contributed by atoms with Crippen molar-refractivity contribution in [2.45, 2.75) is 51.0 Å². The first-order chi connectivity index (χ1) is 15.3. The molecular weight excluding hydrogens is 412 g/mol. The minimum absolute atomic E-state index is 0.00503. The smallest absolute Gasteiger partial charge is 0.461 e. The molecule has 0 spiro atoms. The maximum atomic E-state index is 12.9. The van der Waals surface area contributed by atoms with Crippen molar-refractivity contribution in [3.05, 3.63) is 56.8 Å². The zero-order valence-electron chi connectivity index (χ0n) is 17.8. The van der Waals surface area contributed by atoms with Crippen LogP contribution in [-0.4, -0.2) is 48.8 Å². The van der Waals surface area contributed by atoms with Crippen LogP contribution in [0.2, 0.25) is 0 Å². The summed E-state index contributed by atoms with van der Waals surface area (Å²) in [6, 6.07) is 0. The summed E-state index contributed by atoms with van der Waals surface area (Å²) < 4.78 is 16.4. The van der Waals surface area contributed by atoms with E-state index in [-0.39, 0.29) is 61.8 Å². The summed E-state index contributed by atoms with van der Waals surface area (Å²) in [6.45, 7) is 18.4. The number of hydrogen-bond donors (Lipinski definition) is 0. The first kappa shape index (κ1) is 20.7. The van der Waals surface area contributed by atoms with Gasteiger partial charge in [-0.1, -0.05) is 6.08 Å². The van der Waals surface area contributed by atoms with E-state index in [1.807, 2.05) is 6.08 Å². The summed E-state index contributed by atoms with van der Waals surface area (Å²) in [5.41, 5.74) is 1.69. The predicted octanol–water partition coefficient (Wildman–Crippen LogP) is 2.58. The summed E-state index contributed by atoms with van der Waals surface area (Å²) in [7, 11) is 0. The van der Waals surface area contributed by atoms with E-state index in [1.165, 1.54) is 13.8 Å². The van der Waals surface area contributed by atoms with Crippen molar-refractivity contribution in [3.63, 3.8) is 0 Å². The Hall–Kier alpha value is -3.23. The topological polar surface area (TPSA) is 90.9 Å². The highest BCUT2D eigenvalue weighted by molar-refractivity contribution is 6.03. The Bertz CT molecular complexity index is 1120. The van der Waals surface area contributed by atoms with Crippen molar-refractivity contribution in [1.29, 1.82) is 0 Å². The number of epoxide rings is 1. The molecule has 1 aliphatic heterocycles. The molecule has 2 fully saturated rings. The highest BCUT2D eigenvalue weighted by atomic mass is 16.6. The van der Waals surface area contributed by atoms with Crippen LogP contribution in [0.4, 0.5) is 0 Å². The number of carbonyl (C=O) groups is 3. The predicted molar refractivity (Wildman–Crippen MR) is 109 cm³/mol. The van der Waals surface area contributed by atoms with Crippen molar-refractivity contribution in [3.8, 4) is 0 Å². The van der Waals surface area contributed by atoms with E-state index in [1.54, 1.807) is 0 Å². The quantitative estimate of drug-likeness (QED) is 0.292. The lowest BCUT2D eigenvalue weighted by molar-refractivity contribution is -0.141. The maximum absolute atomic E-state index is 12.9. The van der Waals surface area contributed by atoms with Crippen molar-refractivity contribution in [2.75, 3.05) is 13.2 Å². The second-order valence-electron chi connectivity index (χ2n) is 9.07. The number of allylic oxidation sites excluding steroid dienone is 1. The van der Waals surface area contributed by atoms with Crippen molar-refractivity contribution >= 4 is 17.7 Å². The number of esters is 2. The Balaban J connectivity index is 1.71. The lowest BCUT2D eigenvalue weighted by Crippen LogP contribution is -2.36. The van der Waals surface area contributed by atoms with Crippen LogP contribution in [0.3, 0.4) is 0 Å². The second kappa shape index (κ2) is 7.15. The normalized spacial score (nSPS) is 33.2. The average Bonchev–Trinajstić information content (AvgIpc) is 3.44. The lowest BCUT2D eigenvalue weighted by atomic mass is 9.70. The molecule has 0 amide bonds. The van der Waals surface area contributed by atoms with E-state index in [9.17, 15) is 14.4 Å². The van der Waals surface area contributed by atoms with Gasteiger partial charge in [-0.2, -0.15) is 0 Å². The number of ether oxygens (including phenoxy) is 3. The molecule has 8 heteroatoms. The van der Waals surface area contributed by atoms with Gasteiger partial charge in [-0.3, -0.25) is 14.4 Å². The Morgan fingerprint density at radius 3 is 2.47 bits per heavy atom. The van der Waals surface area contributed by atoms with Gasteiger partial charge in [0.2, 0.25) is 0 Å². The molecule has 0 radical (unpaired) electrons. The molecule has 1 heterocycles. The summed E-state index contributed by atoms with van der Waals surface area (Å²) in [4.78, 5) is 43.7. The molecule has 164 valence electrons. The van der Waals surface area contributed by atoms with Gasteiger partial charge in [0, 0.05) is 37.7 Å². The van der Waals surface area contributed by atoms with Gasteiger partial charge in [-0.05, 0) is 29.1 Å². The number of nitrogens with zero attached hydrogens (tertiary/aromatic N) is 2.